The van der Waals surface area contributed by atoms with Gasteiger partial charge in [0, 0.05) is 45.6 Å². The predicted molar refractivity (Wildman–Crippen MR) is 117 cm³/mol. The topological polar surface area (TPSA) is 70.8 Å². The largest absolute Gasteiger partial charge is 2.00 e. The van der Waals surface area contributed by atoms with Crippen molar-refractivity contribution in [3.63, 3.8) is 0 Å². The number of benzene rings is 2. The van der Waals surface area contributed by atoms with Crippen LogP contribution in [0.5, 0.6) is 11.5 Å². The fraction of sp³-hybridized carbons (Fsp3) is 0.300. The normalized spacial score (nSPS) is 10.7. The number of hydrogen-bond donors (Lipinski definition) is 0. The Hall–Kier alpha value is -0.837. The van der Waals surface area contributed by atoms with E-state index in [1.165, 1.54) is 24.6 Å². The van der Waals surface area contributed by atoms with Crippen LogP contribution in [0.1, 0.15) is 37.8 Å². The molecule has 0 aliphatic carbocycles. The molecule has 0 heterocycles. The Bertz CT molecular complexity index is 776. The van der Waals surface area contributed by atoms with E-state index in [9.17, 15) is 10.2 Å². The van der Waals surface area contributed by atoms with Gasteiger partial charge in [-0.1, -0.05) is 71.8 Å². The van der Waals surface area contributed by atoms with Gasteiger partial charge < -0.3 is 10.2 Å². The summed E-state index contributed by atoms with van der Waals surface area (Å²) in [6.07, 6.45) is 4.92. The van der Waals surface area contributed by atoms with Crippen molar-refractivity contribution in [2.75, 3.05) is 13.1 Å². The predicted octanol–water partition coefficient (Wildman–Crippen LogP) is 5.79. The molecule has 2 rings (SSSR count). The van der Waals surface area contributed by atoms with E-state index in [1.54, 1.807) is 12.1 Å². The first kappa shape index (κ1) is 28.2. The van der Waals surface area contributed by atoms with Crippen LogP contribution in [0.2, 0.25) is 20.1 Å². The van der Waals surface area contributed by atoms with Crippen LogP contribution in [0.15, 0.2) is 34.3 Å². The van der Waals surface area contributed by atoms with Crippen LogP contribution in [0.25, 0.3) is 0 Å². The molecule has 0 saturated heterocycles. The average Bonchev–Trinajstić information content (AvgIpc) is 2.64. The van der Waals surface area contributed by atoms with E-state index in [0.717, 1.165) is 12.8 Å². The Kier molecular flexibility index (Phi) is 14.6. The van der Waals surface area contributed by atoms with Crippen LogP contribution < -0.4 is 10.2 Å². The van der Waals surface area contributed by atoms with Crippen LogP contribution >= 0.6 is 46.4 Å². The SMILES string of the molecule is CCCN=Cc1cc(Cl)cc(Cl)c1[O-].CCCN=Cc1cc(Cl)cc(Cl)c1[O-].[Zn+2]. The Morgan fingerprint density at radius 2 is 1.07 bits per heavy atom. The molecule has 0 atom stereocenters. The second-order valence-electron chi connectivity index (χ2n) is 5.68. The molecule has 0 amide bonds. The van der Waals surface area contributed by atoms with Crippen molar-refractivity contribution in [2.45, 2.75) is 26.7 Å². The van der Waals surface area contributed by atoms with Gasteiger partial charge in [-0.25, -0.2) is 0 Å². The van der Waals surface area contributed by atoms with Gasteiger partial charge in [-0.3, -0.25) is 9.98 Å². The molecule has 0 unspecified atom stereocenters. The van der Waals surface area contributed by atoms with E-state index in [2.05, 4.69) is 9.98 Å². The summed E-state index contributed by atoms with van der Waals surface area (Å²) in [5.41, 5.74) is 0.881. The maximum atomic E-state index is 11.4. The molecule has 0 bridgehead atoms. The van der Waals surface area contributed by atoms with Crippen molar-refractivity contribution in [2.24, 2.45) is 9.98 Å². The fourth-order valence-corrected chi connectivity index (χ4v) is 2.95. The summed E-state index contributed by atoms with van der Waals surface area (Å²) in [5, 5.41) is 24.0. The minimum Gasteiger partial charge on any atom is -0.871 e. The van der Waals surface area contributed by atoms with Crippen molar-refractivity contribution in [3.8, 4) is 11.5 Å². The van der Waals surface area contributed by atoms with Crippen LogP contribution in [-0.4, -0.2) is 25.5 Å². The third-order valence-electron chi connectivity index (χ3n) is 3.24. The van der Waals surface area contributed by atoms with Crippen LogP contribution in [0, 0.1) is 0 Å². The number of nitrogens with zero attached hydrogens (tertiary/aromatic N) is 2. The third kappa shape index (κ3) is 10.2. The summed E-state index contributed by atoms with van der Waals surface area (Å²) in [7, 11) is 0. The van der Waals surface area contributed by atoms with Gasteiger partial charge in [0.25, 0.3) is 0 Å². The zero-order chi connectivity index (χ0) is 21.1. The Morgan fingerprint density at radius 3 is 1.38 bits per heavy atom. The Morgan fingerprint density at radius 1 is 0.724 bits per heavy atom. The standard InChI is InChI=1S/2C10H11Cl2NO.Zn/c2*1-2-3-13-6-7-4-8(11)5-9(12)10(7)14;/h2*4-6,14H,2-3H2,1H3;/q;;+2/p-2. The molecule has 2 aromatic rings. The molecule has 0 saturated carbocycles. The molecule has 0 radical (unpaired) electrons. The molecular formula is C20H20Cl4N2O2Zn. The average molecular weight is 528 g/mol. The summed E-state index contributed by atoms with van der Waals surface area (Å²) >= 11 is 22.8. The second kappa shape index (κ2) is 15.0. The zero-order valence-electron chi connectivity index (χ0n) is 16.2. The van der Waals surface area contributed by atoms with E-state index in [-0.39, 0.29) is 41.0 Å². The number of aliphatic imine (C=N–C) groups is 2. The first-order valence-electron chi connectivity index (χ1n) is 8.61. The Balaban J connectivity index is 0.000000523. The Labute approximate surface area is 204 Å². The van der Waals surface area contributed by atoms with Crippen molar-refractivity contribution in [1.82, 2.24) is 0 Å². The summed E-state index contributed by atoms with van der Waals surface area (Å²) in [4.78, 5) is 8.12. The molecule has 2 aromatic carbocycles. The molecule has 0 aliphatic rings. The van der Waals surface area contributed by atoms with Crippen LogP contribution in [0.4, 0.5) is 0 Å². The molecule has 0 spiro atoms. The van der Waals surface area contributed by atoms with E-state index < -0.39 is 0 Å². The maximum Gasteiger partial charge on any atom is 2.00 e. The summed E-state index contributed by atoms with van der Waals surface area (Å²) < 4.78 is 0. The van der Waals surface area contributed by atoms with Gasteiger partial charge in [0.2, 0.25) is 0 Å². The number of rotatable bonds is 6. The second-order valence-corrected chi connectivity index (χ2v) is 7.37. The van der Waals surface area contributed by atoms with E-state index >= 15 is 0 Å². The first-order valence-corrected chi connectivity index (χ1v) is 10.1. The minimum atomic E-state index is -0.226. The van der Waals surface area contributed by atoms with E-state index in [4.69, 9.17) is 46.4 Å². The number of hydrogen-bond acceptors (Lipinski definition) is 4. The minimum absolute atomic E-state index is 0. The first-order chi connectivity index (χ1) is 13.3. The van der Waals surface area contributed by atoms with Gasteiger partial charge in [-0.05, 0) is 48.2 Å². The molecule has 152 valence electrons. The van der Waals surface area contributed by atoms with Crippen molar-refractivity contribution in [3.05, 3.63) is 55.5 Å². The molecule has 9 heteroatoms. The number of halogens is 4. The molecule has 4 nitrogen and oxygen atoms in total. The summed E-state index contributed by atoms with van der Waals surface area (Å²) in [6.45, 7) is 5.42. The van der Waals surface area contributed by atoms with Gasteiger partial charge in [0.15, 0.2) is 0 Å². The third-order valence-corrected chi connectivity index (χ3v) is 4.24. The molecule has 0 N–H and O–H groups in total. The zero-order valence-corrected chi connectivity index (χ0v) is 22.2. The van der Waals surface area contributed by atoms with Gasteiger partial charge in [-0.2, -0.15) is 0 Å². The summed E-state index contributed by atoms with van der Waals surface area (Å²) in [6, 6.07) is 6.00. The van der Waals surface area contributed by atoms with Crippen molar-refractivity contribution < 1.29 is 29.7 Å². The van der Waals surface area contributed by atoms with Crippen molar-refractivity contribution >= 4 is 58.8 Å². The van der Waals surface area contributed by atoms with Gasteiger partial charge in [-0.15, -0.1) is 0 Å². The van der Waals surface area contributed by atoms with Crippen LogP contribution in [-0.2, 0) is 19.5 Å². The quantitative estimate of drug-likeness (QED) is 0.353. The van der Waals surface area contributed by atoms with Gasteiger partial charge >= 0.3 is 19.5 Å². The van der Waals surface area contributed by atoms with E-state index in [1.807, 2.05) is 13.8 Å². The summed E-state index contributed by atoms with van der Waals surface area (Å²) in [5.74, 6) is -0.452. The maximum absolute atomic E-state index is 11.4. The monoisotopic (exact) mass is 524 g/mol. The molecule has 0 aliphatic heterocycles. The van der Waals surface area contributed by atoms with E-state index in [0.29, 0.717) is 34.3 Å². The molecule has 0 aromatic heterocycles. The van der Waals surface area contributed by atoms with Gasteiger partial charge in [0.05, 0.1) is 0 Å². The van der Waals surface area contributed by atoms with Crippen molar-refractivity contribution in [1.29, 1.82) is 0 Å². The smallest absolute Gasteiger partial charge is 0.871 e. The van der Waals surface area contributed by atoms with Gasteiger partial charge in [0.1, 0.15) is 0 Å². The molecule has 29 heavy (non-hydrogen) atoms. The van der Waals surface area contributed by atoms with Crippen LogP contribution in [0.3, 0.4) is 0 Å². The molecule has 0 fully saturated rings. The fourth-order valence-electron chi connectivity index (χ4n) is 1.94. The molecular weight excluding hydrogens is 507 g/mol.